The molecule has 0 aliphatic heterocycles. The van der Waals surface area contributed by atoms with Crippen LogP contribution in [0.4, 0.5) is 10.1 Å². The van der Waals surface area contributed by atoms with Crippen molar-refractivity contribution in [2.45, 2.75) is 6.42 Å². The normalized spacial score (nSPS) is 10.6. The lowest BCUT2D eigenvalue weighted by atomic mass is 10.2. The van der Waals surface area contributed by atoms with E-state index < -0.39 is 5.82 Å². The van der Waals surface area contributed by atoms with Crippen molar-refractivity contribution >= 4 is 45.9 Å². The molecule has 3 rings (SSSR count). The van der Waals surface area contributed by atoms with Gasteiger partial charge in [-0.1, -0.05) is 17.7 Å². The summed E-state index contributed by atoms with van der Waals surface area (Å²) in [5, 5.41) is 7.58. The summed E-state index contributed by atoms with van der Waals surface area (Å²) >= 11 is 8.99. The Morgan fingerprint density at radius 2 is 2.18 bits per heavy atom. The minimum absolute atomic E-state index is 0.148. The molecule has 22 heavy (non-hydrogen) atoms. The van der Waals surface area contributed by atoms with Crippen LogP contribution in [0.15, 0.2) is 41.1 Å². The Bertz CT molecular complexity index is 802. The molecule has 1 N–H and O–H groups in total. The molecule has 2 heterocycles. The van der Waals surface area contributed by atoms with E-state index in [0.717, 1.165) is 16.0 Å². The second-order valence-corrected chi connectivity index (χ2v) is 6.68. The minimum atomic E-state index is -0.442. The molecule has 1 amide bonds. The van der Waals surface area contributed by atoms with Gasteiger partial charge in [-0.25, -0.2) is 9.37 Å². The molecular weight excluding hydrogens is 343 g/mol. The molecule has 0 radical (unpaired) electrons. The molecule has 0 atom stereocenters. The van der Waals surface area contributed by atoms with Crippen molar-refractivity contribution in [1.29, 1.82) is 0 Å². The number of amides is 1. The Kier molecular flexibility index (Phi) is 4.52. The third-order valence-electron chi connectivity index (χ3n) is 2.83. The van der Waals surface area contributed by atoms with Crippen molar-refractivity contribution < 1.29 is 9.18 Å². The number of rotatable bonds is 4. The zero-order valence-corrected chi connectivity index (χ0v) is 13.6. The fraction of sp³-hybridized carbons (Fsp3) is 0.0667. The third-order valence-corrected chi connectivity index (χ3v) is 5.07. The van der Waals surface area contributed by atoms with E-state index in [9.17, 15) is 9.18 Å². The van der Waals surface area contributed by atoms with Crippen LogP contribution in [-0.2, 0) is 11.2 Å². The van der Waals surface area contributed by atoms with Crippen molar-refractivity contribution in [1.82, 2.24) is 4.98 Å². The van der Waals surface area contributed by atoms with E-state index in [0.29, 0.717) is 11.4 Å². The highest BCUT2D eigenvalue weighted by atomic mass is 35.5. The van der Waals surface area contributed by atoms with Gasteiger partial charge in [0.15, 0.2) is 0 Å². The van der Waals surface area contributed by atoms with Gasteiger partial charge >= 0.3 is 0 Å². The van der Waals surface area contributed by atoms with Gasteiger partial charge < -0.3 is 5.32 Å². The van der Waals surface area contributed by atoms with E-state index in [1.54, 1.807) is 11.3 Å². The summed E-state index contributed by atoms with van der Waals surface area (Å²) in [4.78, 5) is 17.5. The molecule has 0 unspecified atom stereocenters. The van der Waals surface area contributed by atoms with Crippen molar-refractivity contribution in [2.24, 2.45) is 0 Å². The highest BCUT2D eigenvalue weighted by Gasteiger charge is 2.11. The van der Waals surface area contributed by atoms with E-state index >= 15 is 0 Å². The SMILES string of the molecule is O=C(Cc1csc(-c2cccs2)n1)Nc1ccc(F)cc1Cl. The summed E-state index contributed by atoms with van der Waals surface area (Å²) in [5.41, 5.74) is 1.09. The molecule has 1 aromatic carbocycles. The molecular formula is C15H10ClFN2OS2. The van der Waals surface area contributed by atoms with Crippen molar-refractivity contribution in [3.63, 3.8) is 0 Å². The molecule has 0 aliphatic carbocycles. The maximum atomic E-state index is 13.0. The topological polar surface area (TPSA) is 42.0 Å². The zero-order valence-electron chi connectivity index (χ0n) is 11.2. The summed E-state index contributed by atoms with van der Waals surface area (Å²) in [6.07, 6.45) is 0.148. The van der Waals surface area contributed by atoms with E-state index in [4.69, 9.17) is 11.6 Å². The highest BCUT2D eigenvalue weighted by Crippen LogP contribution is 2.28. The number of nitrogens with zero attached hydrogens (tertiary/aromatic N) is 1. The Balaban J connectivity index is 1.67. The number of nitrogens with one attached hydrogen (secondary N) is 1. The molecule has 112 valence electrons. The first kappa shape index (κ1) is 15.1. The second-order valence-electron chi connectivity index (χ2n) is 4.47. The fourth-order valence-electron chi connectivity index (χ4n) is 1.85. The van der Waals surface area contributed by atoms with Crippen LogP contribution in [0.25, 0.3) is 9.88 Å². The molecule has 0 saturated heterocycles. The average Bonchev–Trinajstić information content (AvgIpc) is 3.12. The Morgan fingerprint density at radius 1 is 1.32 bits per heavy atom. The average molecular weight is 353 g/mol. The molecule has 2 aromatic heterocycles. The first-order valence-electron chi connectivity index (χ1n) is 6.35. The Morgan fingerprint density at radius 3 is 2.91 bits per heavy atom. The summed E-state index contributed by atoms with van der Waals surface area (Å²) in [5.74, 6) is -0.681. The van der Waals surface area contributed by atoms with Gasteiger partial charge in [0.1, 0.15) is 10.8 Å². The maximum absolute atomic E-state index is 13.0. The van der Waals surface area contributed by atoms with Crippen molar-refractivity contribution in [2.75, 3.05) is 5.32 Å². The molecule has 0 spiro atoms. The molecule has 0 saturated carbocycles. The van der Waals surface area contributed by atoms with Gasteiger partial charge in [-0.15, -0.1) is 22.7 Å². The molecule has 0 bridgehead atoms. The van der Waals surface area contributed by atoms with E-state index in [1.807, 2.05) is 22.9 Å². The third kappa shape index (κ3) is 3.52. The van der Waals surface area contributed by atoms with Gasteiger partial charge in [0.2, 0.25) is 5.91 Å². The van der Waals surface area contributed by atoms with Gasteiger partial charge in [0, 0.05) is 5.38 Å². The number of anilines is 1. The van der Waals surface area contributed by atoms with Crippen LogP contribution in [0, 0.1) is 5.82 Å². The van der Waals surface area contributed by atoms with E-state index in [2.05, 4.69) is 10.3 Å². The first-order valence-corrected chi connectivity index (χ1v) is 8.49. The number of thiazole rings is 1. The monoisotopic (exact) mass is 352 g/mol. The lowest BCUT2D eigenvalue weighted by Crippen LogP contribution is -2.14. The number of hydrogen-bond acceptors (Lipinski definition) is 4. The number of halogens is 2. The van der Waals surface area contributed by atoms with Gasteiger partial charge in [-0.05, 0) is 29.6 Å². The number of carbonyl (C=O) groups is 1. The molecule has 7 heteroatoms. The van der Waals surface area contributed by atoms with Gasteiger partial charge in [0.05, 0.1) is 27.7 Å². The van der Waals surface area contributed by atoms with Crippen LogP contribution < -0.4 is 5.32 Å². The molecule has 0 aliphatic rings. The molecule has 3 nitrogen and oxygen atoms in total. The quantitative estimate of drug-likeness (QED) is 0.729. The van der Waals surface area contributed by atoms with Crippen molar-refractivity contribution in [3.05, 3.63) is 57.6 Å². The van der Waals surface area contributed by atoms with Crippen molar-refractivity contribution in [3.8, 4) is 9.88 Å². The summed E-state index contributed by atoms with van der Waals surface area (Å²) in [6.45, 7) is 0. The number of thiophene rings is 1. The number of benzene rings is 1. The Hall–Kier alpha value is -1.76. The smallest absolute Gasteiger partial charge is 0.230 e. The molecule has 3 aromatic rings. The summed E-state index contributed by atoms with van der Waals surface area (Å²) in [6, 6.07) is 7.80. The van der Waals surface area contributed by atoms with Gasteiger partial charge in [-0.3, -0.25) is 4.79 Å². The summed E-state index contributed by atoms with van der Waals surface area (Å²) < 4.78 is 13.0. The Labute approximate surface area is 139 Å². The number of aromatic nitrogens is 1. The lowest BCUT2D eigenvalue weighted by molar-refractivity contribution is -0.115. The van der Waals surface area contributed by atoms with Crippen LogP contribution in [0.3, 0.4) is 0 Å². The lowest BCUT2D eigenvalue weighted by Gasteiger charge is -2.06. The minimum Gasteiger partial charge on any atom is -0.324 e. The van der Waals surface area contributed by atoms with E-state index in [1.165, 1.54) is 23.5 Å². The maximum Gasteiger partial charge on any atom is 0.230 e. The van der Waals surface area contributed by atoms with Gasteiger partial charge in [0.25, 0.3) is 0 Å². The van der Waals surface area contributed by atoms with Crippen LogP contribution >= 0.6 is 34.3 Å². The van der Waals surface area contributed by atoms with Crippen LogP contribution in [0.2, 0.25) is 5.02 Å². The highest BCUT2D eigenvalue weighted by molar-refractivity contribution is 7.20. The number of hydrogen-bond donors (Lipinski definition) is 1. The van der Waals surface area contributed by atoms with E-state index in [-0.39, 0.29) is 17.4 Å². The van der Waals surface area contributed by atoms with Gasteiger partial charge in [-0.2, -0.15) is 0 Å². The zero-order chi connectivity index (χ0) is 15.5. The number of carbonyl (C=O) groups excluding carboxylic acids is 1. The molecule has 0 fully saturated rings. The van der Waals surface area contributed by atoms with Crippen LogP contribution in [-0.4, -0.2) is 10.9 Å². The first-order chi connectivity index (χ1) is 10.6. The predicted molar refractivity (Wildman–Crippen MR) is 89.2 cm³/mol. The fourth-order valence-corrected chi connectivity index (χ4v) is 3.70. The van der Waals surface area contributed by atoms with Crippen LogP contribution in [0.1, 0.15) is 5.69 Å². The largest absolute Gasteiger partial charge is 0.324 e. The standard InChI is InChI=1S/C15H10ClFN2OS2/c16-11-6-9(17)3-4-12(11)19-14(20)7-10-8-22-15(18-10)13-2-1-5-21-13/h1-6,8H,7H2,(H,19,20). The predicted octanol–water partition coefficient (Wildman–Crippen LogP) is 4.85. The summed E-state index contributed by atoms with van der Waals surface area (Å²) in [7, 11) is 0. The second kappa shape index (κ2) is 6.56. The van der Waals surface area contributed by atoms with Crippen LogP contribution in [0.5, 0.6) is 0 Å².